The van der Waals surface area contributed by atoms with Crippen molar-refractivity contribution < 1.29 is 17.9 Å². The molecule has 0 radical (unpaired) electrons. The SMILES string of the molecule is COc1ccc(Nc2nc3ccc(C(F)(F)F)cc3[nH]2)cc1. The Balaban J connectivity index is 1.88. The van der Waals surface area contributed by atoms with Crippen molar-refractivity contribution in [3.63, 3.8) is 0 Å². The van der Waals surface area contributed by atoms with Crippen molar-refractivity contribution in [2.45, 2.75) is 6.18 Å². The van der Waals surface area contributed by atoms with Gasteiger partial charge in [0, 0.05) is 5.69 Å². The Morgan fingerprint density at radius 1 is 1.09 bits per heavy atom. The first-order valence-electron chi connectivity index (χ1n) is 6.44. The van der Waals surface area contributed by atoms with Crippen molar-refractivity contribution in [2.24, 2.45) is 0 Å². The Labute approximate surface area is 123 Å². The molecule has 0 atom stereocenters. The van der Waals surface area contributed by atoms with E-state index >= 15 is 0 Å². The van der Waals surface area contributed by atoms with E-state index in [2.05, 4.69) is 15.3 Å². The fraction of sp³-hybridized carbons (Fsp3) is 0.133. The standard InChI is InChI=1S/C15H12F3N3O/c1-22-11-5-3-10(4-6-11)19-14-20-12-7-2-9(15(16,17)18)8-13(12)21-14/h2-8H,1H3,(H2,19,20,21). The van der Waals surface area contributed by atoms with Crippen LogP contribution in [0.2, 0.25) is 0 Å². The van der Waals surface area contributed by atoms with E-state index in [1.165, 1.54) is 6.07 Å². The van der Waals surface area contributed by atoms with Crippen LogP contribution in [0.15, 0.2) is 42.5 Å². The van der Waals surface area contributed by atoms with E-state index in [9.17, 15) is 13.2 Å². The smallest absolute Gasteiger partial charge is 0.416 e. The molecule has 0 spiro atoms. The van der Waals surface area contributed by atoms with E-state index in [0.717, 1.165) is 17.8 Å². The largest absolute Gasteiger partial charge is 0.497 e. The summed E-state index contributed by atoms with van der Waals surface area (Å²) in [5.41, 5.74) is 0.824. The first-order chi connectivity index (χ1) is 10.5. The van der Waals surface area contributed by atoms with Crippen LogP contribution in [0.25, 0.3) is 11.0 Å². The van der Waals surface area contributed by atoms with E-state index in [1.807, 2.05) is 0 Å². The van der Waals surface area contributed by atoms with Gasteiger partial charge in [0.1, 0.15) is 5.75 Å². The van der Waals surface area contributed by atoms with Gasteiger partial charge in [-0.15, -0.1) is 0 Å². The highest BCUT2D eigenvalue weighted by atomic mass is 19.4. The molecule has 0 aliphatic rings. The summed E-state index contributed by atoms with van der Waals surface area (Å²) in [7, 11) is 1.57. The maximum absolute atomic E-state index is 12.7. The number of halogens is 3. The van der Waals surface area contributed by atoms with Crippen molar-refractivity contribution in [3.8, 4) is 5.75 Å². The Hall–Kier alpha value is -2.70. The first-order valence-corrected chi connectivity index (χ1v) is 6.44. The Bertz CT molecular complexity index is 794. The first kappa shape index (κ1) is 14.2. The maximum Gasteiger partial charge on any atom is 0.416 e. The predicted octanol–water partition coefficient (Wildman–Crippen LogP) is 4.33. The minimum atomic E-state index is -4.37. The van der Waals surface area contributed by atoms with E-state index < -0.39 is 11.7 Å². The number of fused-ring (bicyclic) bond motifs is 1. The van der Waals surface area contributed by atoms with Crippen molar-refractivity contribution in [2.75, 3.05) is 12.4 Å². The maximum atomic E-state index is 12.7. The monoisotopic (exact) mass is 307 g/mol. The molecule has 0 aliphatic carbocycles. The normalized spacial score (nSPS) is 11.6. The van der Waals surface area contributed by atoms with Gasteiger partial charge in [-0.3, -0.25) is 0 Å². The van der Waals surface area contributed by atoms with Crippen LogP contribution in [0.1, 0.15) is 5.56 Å². The number of benzene rings is 2. The summed E-state index contributed by atoms with van der Waals surface area (Å²) >= 11 is 0. The van der Waals surface area contributed by atoms with Gasteiger partial charge in [0.15, 0.2) is 0 Å². The number of anilines is 2. The molecule has 1 aromatic heterocycles. The number of methoxy groups -OCH3 is 1. The van der Waals surface area contributed by atoms with Crippen LogP contribution < -0.4 is 10.1 Å². The third kappa shape index (κ3) is 2.83. The molecule has 2 aromatic carbocycles. The lowest BCUT2D eigenvalue weighted by molar-refractivity contribution is -0.137. The number of nitrogens with one attached hydrogen (secondary N) is 2. The number of hydrogen-bond acceptors (Lipinski definition) is 3. The van der Waals surface area contributed by atoms with Crippen LogP contribution >= 0.6 is 0 Å². The van der Waals surface area contributed by atoms with Gasteiger partial charge in [0.05, 0.1) is 23.7 Å². The molecule has 2 N–H and O–H groups in total. The molecule has 7 heteroatoms. The predicted molar refractivity (Wildman–Crippen MR) is 77.4 cm³/mol. The minimum absolute atomic E-state index is 0.325. The van der Waals surface area contributed by atoms with E-state index in [-0.39, 0.29) is 0 Å². The van der Waals surface area contributed by atoms with Crippen molar-refractivity contribution >= 4 is 22.7 Å². The highest BCUT2D eigenvalue weighted by molar-refractivity contribution is 5.79. The fourth-order valence-corrected chi connectivity index (χ4v) is 2.06. The highest BCUT2D eigenvalue weighted by Gasteiger charge is 2.30. The molecule has 1 heterocycles. The summed E-state index contributed by atoms with van der Waals surface area (Å²) < 4.78 is 43.1. The summed E-state index contributed by atoms with van der Waals surface area (Å²) in [6.45, 7) is 0. The summed E-state index contributed by atoms with van der Waals surface area (Å²) in [6, 6.07) is 10.5. The fourth-order valence-electron chi connectivity index (χ4n) is 2.06. The quantitative estimate of drug-likeness (QED) is 0.757. The van der Waals surface area contributed by atoms with Gasteiger partial charge in [0.2, 0.25) is 5.95 Å². The number of hydrogen-bond donors (Lipinski definition) is 2. The van der Waals surface area contributed by atoms with Gasteiger partial charge >= 0.3 is 6.18 Å². The molecule has 0 saturated carbocycles. The van der Waals surface area contributed by atoms with Crippen LogP contribution in [-0.4, -0.2) is 17.1 Å². The molecule has 114 valence electrons. The average molecular weight is 307 g/mol. The van der Waals surface area contributed by atoms with Crippen LogP contribution in [0.3, 0.4) is 0 Å². The number of nitrogens with zero attached hydrogens (tertiary/aromatic N) is 1. The second kappa shape index (κ2) is 5.25. The molecule has 0 bridgehead atoms. The number of imidazole rings is 1. The minimum Gasteiger partial charge on any atom is -0.497 e. The Morgan fingerprint density at radius 2 is 1.82 bits per heavy atom. The van der Waals surface area contributed by atoms with Crippen molar-refractivity contribution in [3.05, 3.63) is 48.0 Å². The molecule has 0 saturated heterocycles. The van der Waals surface area contributed by atoms with Crippen LogP contribution in [-0.2, 0) is 6.18 Å². The Kier molecular flexibility index (Phi) is 3.40. The lowest BCUT2D eigenvalue weighted by Crippen LogP contribution is -2.04. The second-order valence-corrected chi connectivity index (χ2v) is 4.67. The number of aromatic nitrogens is 2. The molecule has 22 heavy (non-hydrogen) atoms. The van der Waals surface area contributed by atoms with E-state index in [1.54, 1.807) is 31.4 Å². The summed E-state index contributed by atoms with van der Waals surface area (Å²) in [4.78, 5) is 7.04. The molecule has 3 rings (SSSR count). The lowest BCUT2D eigenvalue weighted by atomic mass is 10.2. The van der Waals surface area contributed by atoms with Gasteiger partial charge < -0.3 is 15.0 Å². The number of ether oxygens (including phenoxy) is 1. The zero-order chi connectivity index (χ0) is 15.7. The third-order valence-electron chi connectivity index (χ3n) is 3.16. The topological polar surface area (TPSA) is 49.9 Å². The molecule has 0 fully saturated rings. The molecular formula is C15H12F3N3O. The van der Waals surface area contributed by atoms with Gasteiger partial charge in [-0.05, 0) is 42.5 Å². The van der Waals surface area contributed by atoms with Crippen LogP contribution in [0, 0.1) is 0 Å². The zero-order valence-electron chi connectivity index (χ0n) is 11.5. The van der Waals surface area contributed by atoms with Gasteiger partial charge in [0.25, 0.3) is 0 Å². The van der Waals surface area contributed by atoms with Crippen molar-refractivity contribution in [1.29, 1.82) is 0 Å². The van der Waals surface area contributed by atoms with E-state index in [0.29, 0.717) is 22.7 Å². The number of aromatic amines is 1. The summed E-state index contributed by atoms with van der Waals surface area (Å²) in [6.07, 6.45) is -4.37. The van der Waals surface area contributed by atoms with Crippen molar-refractivity contribution in [1.82, 2.24) is 9.97 Å². The van der Waals surface area contributed by atoms with Crippen LogP contribution in [0.4, 0.5) is 24.8 Å². The number of alkyl halides is 3. The number of H-pyrrole nitrogens is 1. The molecule has 0 unspecified atom stereocenters. The Morgan fingerprint density at radius 3 is 2.45 bits per heavy atom. The highest BCUT2D eigenvalue weighted by Crippen LogP contribution is 2.31. The molecule has 0 aliphatic heterocycles. The summed E-state index contributed by atoms with van der Waals surface area (Å²) in [5, 5.41) is 3.00. The second-order valence-electron chi connectivity index (χ2n) is 4.67. The molecule has 3 aromatic rings. The molecular weight excluding hydrogens is 295 g/mol. The average Bonchev–Trinajstić information content (AvgIpc) is 2.88. The van der Waals surface area contributed by atoms with Gasteiger partial charge in [-0.1, -0.05) is 0 Å². The molecule has 0 amide bonds. The van der Waals surface area contributed by atoms with Gasteiger partial charge in [-0.25, -0.2) is 4.98 Å². The van der Waals surface area contributed by atoms with Crippen LogP contribution in [0.5, 0.6) is 5.75 Å². The lowest BCUT2D eigenvalue weighted by Gasteiger charge is -2.05. The third-order valence-corrected chi connectivity index (χ3v) is 3.16. The number of rotatable bonds is 3. The molecule has 4 nitrogen and oxygen atoms in total. The van der Waals surface area contributed by atoms with E-state index in [4.69, 9.17) is 4.74 Å². The van der Waals surface area contributed by atoms with Gasteiger partial charge in [-0.2, -0.15) is 13.2 Å². The summed E-state index contributed by atoms with van der Waals surface area (Å²) in [5.74, 6) is 1.09. The zero-order valence-corrected chi connectivity index (χ0v) is 11.5.